The van der Waals surface area contributed by atoms with Gasteiger partial charge < -0.3 is 9.64 Å². The molecule has 0 radical (unpaired) electrons. The molecule has 126 valence electrons. The second kappa shape index (κ2) is 6.64. The maximum atomic E-state index is 5.44. The molecule has 2 heteroatoms. The smallest absolute Gasteiger partial charge is 0.119 e. The highest BCUT2D eigenvalue weighted by Gasteiger charge is 2.30. The first kappa shape index (κ1) is 15.8. The number of fused-ring (bicyclic) bond motifs is 1. The Hall–Kier alpha value is -2.74. The van der Waals surface area contributed by atoms with Crippen LogP contribution in [0.15, 0.2) is 72.8 Å². The lowest BCUT2D eigenvalue weighted by molar-refractivity contribution is 0.413. The number of aryl methyl sites for hydroxylation is 1. The van der Waals surface area contributed by atoms with Crippen LogP contribution < -0.4 is 9.64 Å². The Morgan fingerprint density at radius 2 is 1.64 bits per heavy atom. The van der Waals surface area contributed by atoms with E-state index in [2.05, 4.69) is 84.6 Å². The normalized spacial score (nSPS) is 16.4. The number of para-hydroxylation sites is 1. The van der Waals surface area contributed by atoms with Crippen LogP contribution in [0.5, 0.6) is 5.75 Å². The fraction of sp³-hybridized carbons (Fsp3) is 0.217. The zero-order valence-corrected chi connectivity index (χ0v) is 14.8. The van der Waals surface area contributed by atoms with E-state index >= 15 is 0 Å². The van der Waals surface area contributed by atoms with Gasteiger partial charge in [0.25, 0.3) is 0 Å². The quantitative estimate of drug-likeness (QED) is 0.658. The van der Waals surface area contributed by atoms with Gasteiger partial charge in [0.1, 0.15) is 5.75 Å². The van der Waals surface area contributed by atoms with Gasteiger partial charge in [0.2, 0.25) is 0 Å². The summed E-state index contributed by atoms with van der Waals surface area (Å²) >= 11 is 0. The van der Waals surface area contributed by atoms with Gasteiger partial charge in [-0.1, -0.05) is 48.5 Å². The predicted octanol–water partition coefficient (Wildman–Crippen LogP) is 5.16. The monoisotopic (exact) mass is 329 g/mol. The Morgan fingerprint density at radius 3 is 2.40 bits per heavy atom. The summed E-state index contributed by atoms with van der Waals surface area (Å²) in [5.41, 5.74) is 6.75. The average Bonchev–Trinajstić information content (AvgIpc) is 2.68. The third-order valence-electron chi connectivity index (χ3n) is 5.15. The maximum Gasteiger partial charge on any atom is 0.119 e. The molecule has 3 aromatic rings. The molecule has 1 aliphatic rings. The second-order valence-corrected chi connectivity index (χ2v) is 6.60. The van der Waals surface area contributed by atoms with Crippen molar-refractivity contribution in [1.82, 2.24) is 0 Å². The van der Waals surface area contributed by atoms with E-state index in [1.165, 1.54) is 27.9 Å². The summed E-state index contributed by atoms with van der Waals surface area (Å²) in [6, 6.07) is 26.2. The Labute approximate surface area is 149 Å². The SMILES string of the molecule is COc1ccc2c(c1)CCN(c1ccccc1)C2c1ccccc1C. The van der Waals surface area contributed by atoms with E-state index in [4.69, 9.17) is 4.74 Å². The molecule has 1 unspecified atom stereocenters. The van der Waals surface area contributed by atoms with Crippen molar-refractivity contribution in [2.45, 2.75) is 19.4 Å². The molecule has 0 saturated heterocycles. The van der Waals surface area contributed by atoms with Crippen molar-refractivity contribution in [3.63, 3.8) is 0 Å². The van der Waals surface area contributed by atoms with Crippen molar-refractivity contribution < 1.29 is 4.74 Å². The zero-order chi connectivity index (χ0) is 17.2. The summed E-state index contributed by atoms with van der Waals surface area (Å²) < 4.78 is 5.44. The highest BCUT2D eigenvalue weighted by atomic mass is 16.5. The Balaban J connectivity index is 1.88. The minimum atomic E-state index is 0.234. The first-order valence-electron chi connectivity index (χ1n) is 8.82. The van der Waals surface area contributed by atoms with Crippen LogP contribution in [-0.4, -0.2) is 13.7 Å². The number of rotatable bonds is 3. The van der Waals surface area contributed by atoms with E-state index in [-0.39, 0.29) is 6.04 Å². The Morgan fingerprint density at radius 1 is 0.880 bits per heavy atom. The summed E-state index contributed by atoms with van der Waals surface area (Å²) in [6.07, 6.45) is 1.03. The molecule has 25 heavy (non-hydrogen) atoms. The molecule has 0 spiro atoms. The largest absolute Gasteiger partial charge is 0.497 e. The van der Waals surface area contributed by atoms with Crippen LogP contribution in [0.3, 0.4) is 0 Å². The van der Waals surface area contributed by atoms with Gasteiger partial charge in [-0.2, -0.15) is 0 Å². The molecule has 0 saturated carbocycles. The molecule has 0 aliphatic carbocycles. The highest BCUT2D eigenvalue weighted by molar-refractivity contribution is 5.57. The molecule has 0 aromatic heterocycles. The van der Waals surface area contributed by atoms with Crippen molar-refractivity contribution in [3.05, 3.63) is 95.1 Å². The van der Waals surface area contributed by atoms with E-state index in [0.29, 0.717) is 0 Å². The molecule has 1 atom stereocenters. The van der Waals surface area contributed by atoms with Gasteiger partial charge in [-0.3, -0.25) is 0 Å². The summed E-state index contributed by atoms with van der Waals surface area (Å²) in [4.78, 5) is 2.52. The van der Waals surface area contributed by atoms with Gasteiger partial charge in [-0.05, 0) is 59.9 Å². The molecule has 3 aromatic carbocycles. The summed E-state index contributed by atoms with van der Waals surface area (Å²) in [5, 5.41) is 0. The van der Waals surface area contributed by atoms with Crippen molar-refractivity contribution in [2.75, 3.05) is 18.6 Å². The molecule has 0 fully saturated rings. The van der Waals surface area contributed by atoms with E-state index in [9.17, 15) is 0 Å². The van der Waals surface area contributed by atoms with E-state index in [1.807, 2.05) is 0 Å². The molecular formula is C23H23NO. The zero-order valence-electron chi connectivity index (χ0n) is 14.8. The van der Waals surface area contributed by atoms with Crippen molar-refractivity contribution >= 4 is 5.69 Å². The molecular weight excluding hydrogens is 306 g/mol. The van der Waals surface area contributed by atoms with Crippen LogP contribution in [0, 0.1) is 6.92 Å². The molecule has 0 amide bonds. The summed E-state index contributed by atoms with van der Waals surface area (Å²) in [7, 11) is 1.74. The molecule has 4 rings (SSSR count). The number of hydrogen-bond donors (Lipinski definition) is 0. The lowest BCUT2D eigenvalue weighted by Gasteiger charge is -2.40. The van der Waals surface area contributed by atoms with E-state index < -0.39 is 0 Å². The molecule has 2 nitrogen and oxygen atoms in total. The van der Waals surface area contributed by atoms with Crippen LogP contribution >= 0.6 is 0 Å². The van der Waals surface area contributed by atoms with Gasteiger partial charge >= 0.3 is 0 Å². The number of hydrogen-bond acceptors (Lipinski definition) is 2. The Bertz CT molecular complexity index is 872. The van der Waals surface area contributed by atoms with Crippen LogP contribution in [0.1, 0.15) is 28.3 Å². The number of nitrogens with zero attached hydrogens (tertiary/aromatic N) is 1. The first-order valence-corrected chi connectivity index (χ1v) is 8.82. The van der Waals surface area contributed by atoms with Crippen molar-refractivity contribution in [2.24, 2.45) is 0 Å². The minimum absolute atomic E-state index is 0.234. The number of methoxy groups -OCH3 is 1. The van der Waals surface area contributed by atoms with Crippen LogP contribution in [0.4, 0.5) is 5.69 Å². The second-order valence-electron chi connectivity index (χ2n) is 6.60. The Kier molecular flexibility index (Phi) is 4.19. The fourth-order valence-electron chi connectivity index (χ4n) is 3.86. The molecule has 0 bridgehead atoms. The van der Waals surface area contributed by atoms with Crippen molar-refractivity contribution in [1.29, 1.82) is 0 Å². The lowest BCUT2D eigenvalue weighted by Crippen LogP contribution is -2.36. The lowest BCUT2D eigenvalue weighted by atomic mass is 9.86. The standard InChI is InChI=1S/C23H23NO/c1-17-8-6-7-11-21(17)23-22-13-12-20(25-2)16-18(22)14-15-24(23)19-9-4-3-5-10-19/h3-13,16,23H,14-15H2,1-2H3. The average molecular weight is 329 g/mol. The van der Waals surface area contributed by atoms with Gasteiger partial charge in [0.05, 0.1) is 13.2 Å². The number of ether oxygens (including phenoxy) is 1. The number of anilines is 1. The maximum absolute atomic E-state index is 5.44. The third kappa shape index (κ3) is 2.89. The van der Waals surface area contributed by atoms with E-state index in [0.717, 1.165) is 18.7 Å². The van der Waals surface area contributed by atoms with Gasteiger partial charge in [0, 0.05) is 12.2 Å². The van der Waals surface area contributed by atoms with Gasteiger partial charge in [-0.25, -0.2) is 0 Å². The van der Waals surface area contributed by atoms with Crippen LogP contribution in [-0.2, 0) is 6.42 Å². The topological polar surface area (TPSA) is 12.5 Å². The van der Waals surface area contributed by atoms with Gasteiger partial charge in [-0.15, -0.1) is 0 Å². The third-order valence-corrected chi connectivity index (χ3v) is 5.15. The fourth-order valence-corrected chi connectivity index (χ4v) is 3.86. The van der Waals surface area contributed by atoms with Crippen molar-refractivity contribution in [3.8, 4) is 5.75 Å². The van der Waals surface area contributed by atoms with Crippen LogP contribution in [0.2, 0.25) is 0 Å². The summed E-state index contributed by atoms with van der Waals surface area (Å²) in [5.74, 6) is 0.940. The van der Waals surface area contributed by atoms with Gasteiger partial charge in [0.15, 0.2) is 0 Å². The van der Waals surface area contributed by atoms with Crippen LogP contribution in [0.25, 0.3) is 0 Å². The molecule has 1 heterocycles. The minimum Gasteiger partial charge on any atom is -0.497 e. The molecule has 0 N–H and O–H groups in total. The highest BCUT2D eigenvalue weighted by Crippen LogP contribution is 2.40. The molecule has 1 aliphatic heterocycles. The summed E-state index contributed by atoms with van der Waals surface area (Å²) in [6.45, 7) is 3.21. The van der Waals surface area contributed by atoms with E-state index in [1.54, 1.807) is 7.11 Å². The first-order chi connectivity index (χ1) is 12.3. The predicted molar refractivity (Wildman–Crippen MR) is 104 cm³/mol. The number of benzene rings is 3.